The minimum absolute atomic E-state index is 0.0964. The van der Waals surface area contributed by atoms with Crippen LogP contribution in [0.2, 0.25) is 0 Å². The molecule has 2 nitrogen and oxygen atoms in total. The third kappa shape index (κ3) is 4.66. The molecule has 1 aromatic rings. The van der Waals surface area contributed by atoms with Crippen molar-refractivity contribution >= 4 is 11.8 Å². The number of aliphatic hydroxyl groups is 1. The maximum absolute atomic E-state index is 13.6. The highest BCUT2D eigenvalue weighted by molar-refractivity contribution is 7.98. The van der Waals surface area contributed by atoms with E-state index in [1.54, 1.807) is 13.0 Å². The molecule has 0 heterocycles. The van der Waals surface area contributed by atoms with Crippen LogP contribution in [0.5, 0.6) is 0 Å². The third-order valence-electron chi connectivity index (χ3n) is 2.69. The fraction of sp³-hybridized carbons (Fsp3) is 0.538. The molecule has 96 valence electrons. The van der Waals surface area contributed by atoms with Crippen LogP contribution >= 0.6 is 11.8 Å². The molecule has 0 aliphatic carbocycles. The second-order valence-electron chi connectivity index (χ2n) is 4.21. The van der Waals surface area contributed by atoms with Gasteiger partial charge in [0.15, 0.2) is 0 Å². The maximum atomic E-state index is 13.6. The van der Waals surface area contributed by atoms with Crippen molar-refractivity contribution in [2.45, 2.75) is 37.3 Å². The van der Waals surface area contributed by atoms with Crippen molar-refractivity contribution in [2.75, 3.05) is 12.8 Å². The molecule has 2 unspecified atom stereocenters. The summed E-state index contributed by atoms with van der Waals surface area (Å²) in [7, 11) is 0. The predicted molar refractivity (Wildman–Crippen MR) is 70.9 cm³/mol. The van der Waals surface area contributed by atoms with Crippen molar-refractivity contribution in [2.24, 2.45) is 0 Å². The number of benzene rings is 1. The van der Waals surface area contributed by atoms with E-state index in [2.05, 4.69) is 5.32 Å². The van der Waals surface area contributed by atoms with Crippen molar-refractivity contribution < 1.29 is 9.50 Å². The number of rotatable bonds is 6. The molecule has 0 saturated carbocycles. The Balaban J connectivity index is 2.57. The zero-order chi connectivity index (χ0) is 12.8. The van der Waals surface area contributed by atoms with Crippen LogP contribution in [0, 0.1) is 5.82 Å². The van der Waals surface area contributed by atoms with E-state index in [0.717, 1.165) is 12.1 Å². The molecule has 1 aromatic carbocycles. The summed E-state index contributed by atoms with van der Waals surface area (Å²) >= 11 is 1.41. The van der Waals surface area contributed by atoms with Crippen molar-refractivity contribution in [1.29, 1.82) is 0 Å². The number of hydrogen-bond donors (Lipinski definition) is 2. The molecular weight excluding hydrogens is 237 g/mol. The minimum Gasteiger partial charge on any atom is -0.393 e. The predicted octanol–water partition coefficient (Wildman–Crippen LogP) is 2.97. The summed E-state index contributed by atoms with van der Waals surface area (Å²) in [5.74, 6) is -0.167. The molecule has 0 amide bonds. The summed E-state index contributed by atoms with van der Waals surface area (Å²) in [6.45, 7) is 4.49. The average Bonchev–Trinajstić information content (AvgIpc) is 2.28. The van der Waals surface area contributed by atoms with Gasteiger partial charge in [0.2, 0.25) is 0 Å². The van der Waals surface area contributed by atoms with E-state index in [-0.39, 0.29) is 18.0 Å². The van der Waals surface area contributed by atoms with E-state index in [0.29, 0.717) is 11.3 Å². The van der Waals surface area contributed by atoms with Gasteiger partial charge in [-0.15, -0.1) is 11.8 Å². The highest BCUT2D eigenvalue weighted by atomic mass is 32.2. The molecule has 1 rings (SSSR count). The number of hydrogen-bond acceptors (Lipinski definition) is 3. The second-order valence-corrected chi connectivity index (χ2v) is 5.06. The monoisotopic (exact) mass is 257 g/mol. The van der Waals surface area contributed by atoms with E-state index in [1.807, 2.05) is 25.3 Å². The molecule has 0 aliphatic rings. The van der Waals surface area contributed by atoms with Gasteiger partial charge in [-0.05, 0) is 50.8 Å². The average molecular weight is 257 g/mol. The van der Waals surface area contributed by atoms with E-state index in [1.165, 1.54) is 11.8 Å². The summed E-state index contributed by atoms with van der Waals surface area (Å²) in [4.78, 5) is 0.671. The Morgan fingerprint density at radius 3 is 2.65 bits per heavy atom. The van der Waals surface area contributed by atoms with E-state index in [9.17, 15) is 4.39 Å². The zero-order valence-electron chi connectivity index (χ0n) is 10.5. The van der Waals surface area contributed by atoms with Gasteiger partial charge in [-0.1, -0.05) is 6.07 Å². The summed E-state index contributed by atoms with van der Waals surface area (Å²) in [5.41, 5.74) is 0.936. The fourth-order valence-electron chi connectivity index (χ4n) is 1.58. The summed E-state index contributed by atoms with van der Waals surface area (Å²) in [5, 5.41) is 12.4. The minimum atomic E-state index is -0.301. The van der Waals surface area contributed by atoms with Crippen LogP contribution in [-0.4, -0.2) is 24.0 Å². The number of halogens is 1. The first-order valence-corrected chi connectivity index (χ1v) is 7.02. The first-order chi connectivity index (χ1) is 8.04. The first kappa shape index (κ1) is 14.5. The van der Waals surface area contributed by atoms with E-state index in [4.69, 9.17) is 5.11 Å². The van der Waals surface area contributed by atoms with E-state index >= 15 is 0 Å². The Morgan fingerprint density at radius 1 is 1.41 bits per heavy atom. The third-order valence-corrected chi connectivity index (χ3v) is 3.46. The maximum Gasteiger partial charge on any atom is 0.137 e. The Bertz CT molecular complexity index is 357. The molecule has 2 N–H and O–H groups in total. The highest BCUT2D eigenvalue weighted by Gasteiger charge is 2.08. The Hall–Kier alpha value is -0.580. The lowest BCUT2D eigenvalue weighted by molar-refractivity contribution is 0.182. The van der Waals surface area contributed by atoms with Crippen LogP contribution < -0.4 is 5.32 Å². The molecule has 2 atom stereocenters. The standard InChI is InChI=1S/C13H20FNOS/c1-9(16)6-7-15-10(2)11-4-5-13(17-3)12(14)8-11/h4-5,8-10,15-16H,6-7H2,1-3H3. The van der Waals surface area contributed by atoms with Gasteiger partial charge in [0.1, 0.15) is 5.82 Å². The number of aliphatic hydroxyl groups excluding tert-OH is 1. The smallest absolute Gasteiger partial charge is 0.137 e. The Labute approximate surface area is 107 Å². The quantitative estimate of drug-likeness (QED) is 0.768. The van der Waals surface area contributed by atoms with Gasteiger partial charge < -0.3 is 10.4 Å². The molecular formula is C13H20FNOS. The highest BCUT2D eigenvalue weighted by Crippen LogP contribution is 2.22. The van der Waals surface area contributed by atoms with Crippen molar-refractivity contribution in [1.82, 2.24) is 5.32 Å². The molecule has 4 heteroatoms. The van der Waals surface area contributed by atoms with Crippen LogP contribution in [0.1, 0.15) is 31.9 Å². The van der Waals surface area contributed by atoms with Crippen LogP contribution in [0.15, 0.2) is 23.1 Å². The second kappa shape index (κ2) is 6.99. The lowest BCUT2D eigenvalue weighted by atomic mass is 10.1. The molecule has 0 aromatic heterocycles. The fourth-order valence-corrected chi connectivity index (χ4v) is 2.04. The van der Waals surface area contributed by atoms with Crippen LogP contribution in [-0.2, 0) is 0 Å². The van der Waals surface area contributed by atoms with Gasteiger partial charge >= 0.3 is 0 Å². The normalized spacial score (nSPS) is 14.6. The molecule has 0 spiro atoms. The lowest BCUT2D eigenvalue weighted by Crippen LogP contribution is -2.22. The summed E-state index contributed by atoms with van der Waals surface area (Å²) in [6.07, 6.45) is 2.27. The topological polar surface area (TPSA) is 32.3 Å². The van der Waals surface area contributed by atoms with Gasteiger partial charge in [0.25, 0.3) is 0 Å². The number of nitrogens with one attached hydrogen (secondary N) is 1. The molecule has 0 fully saturated rings. The van der Waals surface area contributed by atoms with Crippen LogP contribution in [0.25, 0.3) is 0 Å². The van der Waals surface area contributed by atoms with E-state index < -0.39 is 0 Å². The summed E-state index contributed by atoms with van der Waals surface area (Å²) in [6, 6.07) is 5.42. The van der Waals surface area contributed by atoms with Gasteiger partial charge in [-0.2, -0.15) is 0 Å². The summed E-state index contributed by atoms with van der Waals surface area (Å²) < 4.78 is 13.6. The van der Waals surface area contributed by atoms with Crippen molar-refractivity contribution in [3.63, 3.8) is 0 Å². The Kier molecular flexibility index (Phi) is 5.95. The molecule has 0 bridgehead atoms. The molecule has 0 radical (unpaired) electrons. The van der Waals surface area contributed by atoms with Crippen LogP contribution in [0.4, 0.5) is 4.39 Å². The SMILES string of the molecule is CSc1ccc(C(C)NCCC(C)O)cc1F. The molecule has 0 saturated heterocycles. The lowest BCUT2D eigenvalue weighted by Gasteiger charge is -2.15. The van der Waals surface area contributed by atoms with Crippen LogP contribution in [0.3, 0.4) is 0 Å². The zero-order valence-corrected chi connectivity index (χ0v) is 11.4. The Morgan fingerprint density at radius 2 is 2.12 bits per heavy atom. The van der Waals surface area contributed by atoms with Gasteiger partial charge in [0, 0.05) is 10.9 Å². The van der Waals surface area contributed by atoms with Crippen molar-refractivity contribution in [3.8, 4) is 0 Å². The first-order valence-electron chi connectivity index (χ1n) is 5.79. The van der Waals surface area contributed by atoms with Gasteiger partial charge in [-0.25, -0.2) is 4.39 Å². The molecule has 17 heavy (non-hydrogen) atoms. The number of thioether (sulfide) groups is 1. The van der Waals surface area contributed by atoms with Gasteiger partial charge in [-0.3, -0.25) is 0 Å². The van der Waals surface area contributed by atoms with Crippen molar-refractivity contribution in [3.05, 3.63) is 29.6 Å². The molecule has 0 aliphatic heterocycles. The largest absolute Gasteiger partial charge is 0.393 e. The van der Waals surface area contributed by atoms with Gasteiger partial charge in [0.05, 0.1) is 6.10 Å².